The van der Waals surface area contributed by atoms with Crippen molar-refractivity contribution in [3.63, 3.8) is 0 Å². The summed E-state index contributed by atoms with van der Waals surface area (Å²) in [6.45, 7) is 5.80. The van der Waals surface area contributed by atoms with Gasteiger partial charge in [-0.3, -0.25) is 4.79 Å². The van der Waals surface area contributed by atoms with Gasteiger partial charge in [0.05, 0.1) is 18.5 Å². The molecule has 0 aliphatic carbocycles. The van der Waals surface area contributed by atoms with Gasteiger partial charge in [-0.2, -0.15) is 5.10 Å². The van der Waals surface area contributed by atoms with Crippen molar-refractivity contribution in [2.24, 2.45) is 0 Å². The summed E-state index contributed by atoms with van der Waals surface area (Å²) in [5.41, 5.74) is 2.19. The van der Waals surface area contributed by atoms with Crippen LogP contribution in [0.15, 0.2) is 35.3 Å². The van der Waals surface area contributed by atoms with E-state index in [0.717, 1.165) is 5.56 Å². The van der Waals surface area contributed by atoms with E-state index in [2.05, 4.69) is 10.1 Å². The van der Waals surface area contributed by atoms with Crippen LogP contribution in [0, 0.1) is 0 Å². The van der Waals surface area contributed by atoms with Crippen molar-refractivity contribution in [1.29, 1.82) is 0 Å². The third-order valence-electron chi connectivity index (χ3n) is 3.86. The zero-order valence-corrected chi connectivity index (χ0v) is 14.9. The quantitative estimate of drug-likeness (QED) is 0.721. The summed E-state index contributed by atoms with van der Waals surface area (Å²) >= 11 is 5.91. The fraction of sp³-hybridized carbons (Fsp3) is 0.278. The molecule has 2 heterocycles. The Morgan fingerprint density at radius 3 is 2.60 bits per heavy atom. The van der Waals surface area contributed by atoms with Crippen molar-refractivity contribution < 1.29 is 9.53 Å². The van der Waals surface area contributed by atoms with Crippen LogP contribution in [0.3, 0.4) is 0 Å². The summed E-state index contributed by atoms with van der Waals surface area (Å²) in [6.07, 6.45) is 1.69. The van der Waals surface area contributed by atoms with E-state index in [4.69, 9.17) is 16.3 Å². The Balaban J connectivity index is 2.23. The molecule has 0 aliphatic rings. The van der Waals surface area contributed by atoms with Crippen molar-refractivity contribution in [2.75, 3.05) is 6.61 Å². The molecule has 6 nitrogen and oxygen atoms in total. The molecule has 3 rings (SSSR count). The molecule has 130 valence electrons. The largest absolute Gasteiger partial charge is 0.461 e. The van der Waals surface area contributed by atoms with Gasteiger partial charge >= 0.3 is 5.97 Å². The van der Waals surface area contributed by atoms with Gasteiger partial charge in [0.15, 0.2) is 5.69 Å². The van der Waals surface area contributed by atoms with Crippen LogP contribution in [-0.2, 0) is 4.74 Å². The van der Waals surface area contributed by atoms with Crippen LogP contribution >= 0.6 is 11.6 Å². The topological polar surface area (TPSA) is 76.5 Å². The number of benzene rings is 1. The Labute approximate surface area is 149 Å². The normalized spacial score (nSPS) is 11.2. The molecule has 7 heteroatoms. The smallest absolute Gasteiger partial charge is 0.359 e. The fourth-order valence-electron chi connectivity index (χ4n) is 2.78. The Morgan fingerprint density at radius 2 is 2.00 bits per heavy atom. The van der Waals surface area contributed by atoms with Crippen LogP contribution in [0.5, 0.6) is 0 Å². The van der Waals surface area contributed by atoms with Gasteiger partial charge in [0.25, 0.3) is 5.56 Å². The summed E-state index contributed by atoms with van der Waals surface area (Å²) in [6, 6.07) is 7.09. The first-order valence-electron chi connectivity index (χ1n) is 8.01. The van der Waals surface area contributed by atoms with Gasteiger partial charge in [0.1, 0.15) is 5.52 Å². The summed E-state index contributed by atoms with van der Waals surface area (Å²) in [5.74, 6) is -0.582. The first-order chi connectivity index (χ1) is 11.9. The maximum Gasteiger partial charge on any atom is 0.359 e. The standard InChI is InChI=1S/C18H18ClN3O3/c1-4-25-18(24)15-14(10(2)3)16-17(23)20-13(9-22(16)21-15)11-5-7-12(19)8-6-11/h5-10H,4H2,1-3H3,(H,20,23). The molecular formula is C18H18ClN3O3. The number of esters is 1. The molecule has 3 aromatic rings. The molecule has 0 aliphatic heterocycles. The highest BCUT2D eigenvalue weighted by Crippen LogP contribution is 2.25. The molecule has 25 heavy (non-hydrogen) atoms. The molecular weight excluding hydrogens is 342 g/mol. The number of ether oxygens (including phenoxy) is 1. The van der Waals surface area contributed by atoms with E-state index in [1.807, 2.05) is 13.8 Å². The number of nitrogens with zero attached hydrogens (tertiary/aromatic N) is 2. The summed E-state index contributed by atoms with van der Waals surface area (Å²) < 4.78 is 6.52. The number of carbonyl (C=O) groups excluding carboxylic acids is 1. The highest BCUT2D eigenvalue weighted by atomic mass is 35.5. The first-order valence-corrected chi connectivity index (χ1v) is 8.38. The lowest BCUT2D eigenvalue weighted by Crippen LogP contribution is -2.13. The molecule has 0 radical (unpaired) electrons. The molecule has 1 N–H and O–H groups in total. The second kappa shape index (κ2) is 6.72. The summed E-state index contributed by atoms with van der Waals surface area (Å²) in [7, 11) is 0. The van der Waals surface area contributed by atoms with Gasteiger partial charge in [-0.25, -0.2) is 9.31 Å². The van der Waals surface area contributed by atoms with Crippen molar-refractivity contribution >= 4 is 23.1 Å². The molecule has 0 fully saturated rings. The lowest BCUT2D eigenvalue weighted by molar-refractivity contribution is 0.0517. The van der Waals surface area contributed by atoms with Crippen LogP contribution in [-0.4, -0.2) is 27.2 Å². The zero-order chi connectivity index (χ0) is 18.1. The van der Waals surface area contributed by atoms with Crippen LogP contribution in [0.4, 0.5) is 0 Å². The SMILES string of the molecule is CCOC(=O)c1nn2cc(-c3ccc(Cl)cc3)[nH]c(=O)c2c1C(C)C. The average molecular weight is 360 g/mol. The molecule has 0 saturated carbocycles. The van der Waals surface area contributed by atoms with E-state index in [0.29, 0.717) is 21.8 Å². The summed E-state index contributed by atoms with van der Waals surface area (Å²) in [4.78, 5) is 27.7. The molecule has 1 aromatic carbocycles. The number of rotatable bonds is 4. The van der Waals surface area contributed by atoms with Crippen LogP contribution in [0.1, 0.15) is 42.7 Å². The minimum Gasteiger partial charge on any atom is -0.461 e. The average Bonchev–Trinajstić information content (AvgIpc) is 2.96. The monoisotopic (exact) mass is 359 g/mol. The van der Waals surface area contributed by atoms with E-state index < -0.39 is 5.97 Å². The highest BCUT2D eigenvalue weighted by Gasteiger charge is 2.24. The van der Waals surface area contributed by atoms with Gasteiger partial charge in [0, 0.05) is 10.6 Å². The van der Waals surface area contributed by atoms with Crippen molar-refractivity contribution in [3.05, 3.63) is 57.1 Å². The molecule has 2 aromatic heterocycles. The Morgan fingerprint density at radius 1 is 1.32 bits per heavy atom. The van der Waals surface area contributed by atoms with E-state index in [1.54, 1.807) is 37.4 Å². The molecule has 0 atom stereocenters. The number of hydrogen-bond acceptors (Lipinski definition) is 4. The minimum atomic E-state index is -0.526. The number of nitrogens with one attached hydrogen (secondary N) is 1. The number of carbonyl (C=O) groups is 1. The maximum atomic E-state index is 12.7. The van der Waals surface area contributed by atoms with Crippen molar-refractivity contribution in [2.45, 2.75) is 26.7 Å². The molecule has 0 saturated heterocycles. The molecule has 0 unspecified atom stereocenters. The maximum absolute atomic E-state index is 12.7. The number of H-pyrrole nitrogens is 1. The second-order valence-electron chi connectivity index (χ2n) is 5.93. The van der Waals surface area contributed by atoms with Gasteiger partial charge in [-0.05, 0) is 30.5 Å². The van der Waals surface area contributed by atoms with E-state index >= 15 is 0 Å². The molecule has 0 bridgehead atoms. The van der Waals surface area contributed by atoms with Gasteiger partial charge in [-0.1, -0.05) is 37.6 Å². The van der Waals surface area contributed by atoms with E-state index in [-0.39, 0.29) is 23.8 Å². The predicted molar refractivity (Wildman–Crippen MR) is 96.3 cm³/mol. The Kier molecular flexibility index (Phi) is 4.63. The van der Waals surface area contributed by atoms with Gasteiger partial charge < -0.3 is 9.72 Å². The lowest BCUT2D eigenvalue weighted by Gasteiger charge is -2.06. The van der Waals surface area contributed by atoms with Crippen molar-refractivity contribution in [3.8, 4) is 11.3 Å². The molecule has 0 amide bonds. The highest BCUT2D eigenvalue weighted by molar-refractivity contribution is 6.30. The minimum absolute atomic E-state index is 0.0561. The van der Waals surface area contributed by atoms with Gasteiger partial charge in [-0.15, -0.1) is 0 Å². The number of halogens is 1. The second-order valence-corrected chi connectivity index (χ2v) is 6.37. The zero-order valence-electron chi connectivity index (χ0n) is 14.2. The Bertz CT molecular complexity index is 987. The fourth-order valence-corrected chi connectivity index (χ4v) is 2.90. The van der Waals surface area contributed by atoms with Crippen LogP contribution in [0.2, 0.25) is 5.02 Å². The molecule has 0 spiro atoms. The van der Waals surface area contributed by atoms with E-state index in [1.165, 1.54) is 4.52 Å². The number of hydrogen-bond donors (Lipinski definition) is 1. The number of aromatic nitrogens is 3. The van der Waals surface area contributed by atoms with E-state index in [9.17, 15) is 9.59 Å². The summed E-state index contributed by atoms with van der Waals surface area (Å²) in [5, 5.41) is 4.92. The Hall–Kier alpha value is -2.60. The number of aromatic amines is 1. The predicted octanol–water partition coefficient (Wildman–Crippen LogP) is 3.64. The van der Waals surface area contributed by atoms with Crippen molar-refractivity contribution in [1.82, 2.24) is 14.6 Å². The third-order valence-corrected chi connectivity index (χ3v) is 4.12. The van der Waals surface area contributed by atoms with Crippen LogP contribution < -0.4 is 5.56 Å². The lowest BCUT2D eigenvalue weighted by atomic mass is 10.0. The van der Waals surface area contributed by atoms with Gasteiger partial charge in [0.2, 0.25) is 0 Å². The number of fused-ring (bicyclic) bond motifs is 1. The third kappa shape index (κ3) is 3.17. The first kappa shape index (κ1) is 17.2. The van der Waals surface area contributed by atoms with Crippen LogP contribution in [0.25, 0.3) is 16.8 Å².